The maximum Gasteiger partial charge on any atom is 0.345 e. The number of hydrogen-bond acceptors (Lipinski definition) is 3. The van der Waals surface area contributed by atoms with E-state index in [1.807, 2.05) is 0 Å². The van der Waals surface area contributed by atoms with Crippen LogP contribution in [0.2, 0.25) is 0 Å². The summed E-state index contributed by atoms with van der Waals surface area (Å²) in [7, 11) is 0. The van der Waals surface area contributed by atoms with Crippen molar-refractivity contribution in [3.63, 3.8) is 0 Å². The molecule has 1 aromatic carbocycles. The number of carboxylic acids is 1. The van der Waals surface area contributed by atoms with Crippen LogP contribution < -0.4 is 5.32 Å². The van der Waals surface area contributed by atoms with Crippen LogP contribution in [0.3, 0.4) is 0 Å². The second-order valence-electron chi connectivity index (χ2n) is 3.97. The molecule has 0 unspecified atom stereocenters. The summed E-state index contributed by atoms with van der Waals surface area (Å²) in [6.07, 6.45) is 0. The average Bonchev–Trinajstić information content (AvgIpc) is 2.72. The predicted molar refractivity (Wildman–Crippen MR) is 69.7 cm³/mol. The van der Waals surface area contributed by atoms with Gasteiger partial charge in [-0.2, -0.15) is 0 Å². The van der Waals surface area contributed by atoms with Gasteiger partial charge in [-0.1, -0.05) is 0 Å². The molecule has 0 saturated heterocycles. The zero-order valence-corrected chi connectivity index (χ0v) is 10.9. The summed E-state index contributed by atoms with van der Waals surface area (Å²) in [6.45, 7) is 2.03. The summed E-state index contributed by atoms with van der Waals surface area (Å²) in [4.78, 5) is 11.9. The van der Waals surface area contributed by atoms with Crippen LogP contribution in [0.5, 0.6) is 0 Å². The Bertz CT molecular complexity index is 625. The molecule has 0 fully saturated rings. The molecule has 0 saturated carbocycles. The summed E-state index contributed by atoms with van der Waals surface area (Å²) in [5.74, 6) is -2.07. The Labute approximate surface area is 112 Å². The number of rotatable bonds is 4. The first-order valence-corrected chi connectivity index (χ1v) is 6.30. The van der Waals surface area contributed by atoms with Gasteiger partial charge >= 0.3 is 5.97 Å². The van der Waals surface area contributed by atoms with Crippen molar-refractivity contribution in [1.29, 1.82) is 0 Å². The van der Waals surface area contributed by atoms with E-state index in [1.54, 1.807) is 6.92 Å². The Morgan fingerprint density at radius 2 is 2.11 bits per heavy atom. The number of aromatic carboxylic acids is 1. The highest BCUT2D eigenvalue weighted by molar-refractivity contribution is 7.14. The molecule has 1 aromatic heterocycles. The maximum absolute atomic E-state index is 13.4. The maximum atomic E-state index is 13.4. The van der Waals surface area contributed by atoms with Gasteiger partial charge in [0, 0.05) is 11.4 Å². The summed E-state index contributed by atoms with van der Waals surface area (Å²) in [5.41, 5.74) is 0.813. The molecule has 0 aliphatic heterocycles. The van der Waals surface area contributed by atoms with Crippen molar-refractivity contribution >= 4 is 23.0 Å². The molecular weight excluding hydrogens is 272 g/mol. The standard InChI is InChI=1S/C13H11F2NO2S/c1-7-8(4-12(19-7)13(17)18)6-16-11-5-9(14)2-3-10(11)15/h2-5,16H,6H2,1H3,(H,17,18). The Kier molecular flexibility index (Phi) is 3.80. The summed E-state index contributed by atoms with van der Waals surface area (Å²) in [5, 5.41) is 11.6. The number of carboxylic acid groups (broad SMARTS) is 1. The largest absolute Gasteiger partial charge is 0.477 e. The number of carbonyl (C=O) groups is 1. The fourth-order valence-corrected chi connectivity index (χ4v) is 2.50. The van der Waals surface area contributed by atoms with Crippen molar-refractivity contribution in [3.8, 4) is 0 Å². The molecule has 2 rings (SSSR count). The summed E-state index contributed by atoms with van der Waals surface area (Å²) >= 11 is 1.16. The molecule has 19 heavy (non-hydrogen) atoms. The summed E-state index contributed by atoms with van der Waals surface area (Å²) < 4.78 is 26.4. The third-order valence-corrected chi connectivity index (χ3v) is 3.71. The van der Waals surface area contributed by atoms with Gasteiger partial charge in [-0.25, -0.2) is 13.6 Å². The van der Waals surface area contributed by atoms with E-state index in [4.69, 9.17) is 5.11 Å². The predicted octanol–water partition coefficient (Wildman–Crippen LogP) is 3.65. The van der Waals surface area contributed by atoms with E-state index < -0.39 is 17.6 Å². The molecule has 2 aromatic rings. The molecule has 0 aliphatic carbocycles. The van der Waals surface area contributed by atoms with Crippen molar-refractivity contribution < 1.29 is 18.7 Å². The Hall–Kier alpha value is -1.95. The van der Waals surface area contributed by atoms with Crippen molar-refractivity contribution in [2.45, 2.75) is 13.5 Å². The average molecular weight is 283 g/mol. The van der Waals surface area contributed by atoms with Gasteiger partial charge in [0.1, 0.15) is 16.5 Å². The monoisotopic (exact) mass is 283 g/mol. The molecule has 0 radical (unpaired) electrons. The SMILES string of the molecule is Cc1sc(C(=O)O)cc1CNc1cc(F)ccc1F. The molecule has 0 spiro atoms. The van der Waals surface area contributed by atoms with Crippen LogP contribution in [0.1, 0.15) is 20.1 Å². The second-order valence-corrected chi connectivity index (χ2v) is 5.23. The number of benzene rings is 1. The van der Waals surface area contributed by atoms with Gasteiger partial charge in [0.2, 0.25) is 0 Å². The second kappa shape index (κ2) is 5.36. The highest BCUT2D eigenvalue weighted by Gasteiger charge is 2.11. The number of nitrogens with one attached hydrogen (secondary N) is 1. The first-order chi connectivity index (χ1) is 8.97. The van der Waals surface area contributed by atoms with Gasteiger partial charge < -0.3 is 10.4 Å². The fraction of sp³-hybridized carbons (Fsp3) is 0.154. The number of aryl methyl sites for hydroxylation is 1. The lowest BCUT2D eigenvalue weighted by molar-refractivity contribution is 0.0702. The van der Waals surface area contributed by atoms with Crippen LogP contribution in [0.4, 0.5) is 14.5 Å². The summed E-state index contributed by atoms with van der Waals surface area (Å²) in [6, 6.07) is 4.68. The molecule has 6 heteroatoms. The Morgan fingerprint density at radius 3 is 2.74 bits per heavy atom. The quantitative estimate of drug-likeness (QED) is 0.900. The lowest BCUT2D eigenvalue weighted by Gasteiger charge is -2.07. The smallest absolute Gasteiger partial charge is 0.345 e. The van der Waals surface area contributed by atoms with Crippen LogP contribution in [0.15, 0.2) is 24.3 Å². The topological polar surface area (TPSA) is 49.3 Å². The normalized spacial score (nSPS) is 10.5. The van der Waals surface area contributed by atoms with Crippen LogP contribution in [0, 0.1) is 18.6 Å². The zero-order valence-electron chi connectivity index (χ0n) is 10.0. The number of anilines is 1. The van der Waals surface area contributed by atoms with E-state index in [2.05, 4.69) is 5.32 Å². The molecular formula is C13H11F2NO2S. The first kappa shape index (κ1) is 13.5. The molecule has 0 amide bonds. The van der Waals surface area contributed by atoms with E-state index in [0.29, 0.717) is 0 Å². The highest BCUT2D eigenvalue weighted by atomic mass is 32.1. The van der Waals surface area contributed by atoms with Crippen molar-refractivity contribution in [3.05, 3.63) is 51.2 Å². The fourth-order valence-electron chi connectivity index (χ4n) is 1.62. The van der Waals surface area contributed by atoms with Gasteiger partial charge in [0.05, 0.1) is 5.69 Å². The van der Waals surface area contributed by atoms with Crippen LogP contribution in [0.25, 0.3) is 0 Å². The van der Waals surface area contributed by atoms with Gasteiger partial charge in [-0.3, -0.25) is 0 Å². The van der Waals surface area contributed by atoms with Crippen molar-refractivity contribution in [2.24, 2.45) is 0 Å². The van der Waals surface area contributed by atoms with Gasteiger partial charge in [-0.15, -0.1) is 11.3 Å². The number of halogens is 2. The minimum absolute atomic E-state index is 0.0578. The zero-order chi connectivity index (χ0) is 14.0. The van der Waals surface area contributed by atoms with Gasteiger partial charge in [0.15, 0.2) is 0 Å². The van der Waals surface area contributed by atoms with Crippen LogP contribution in [-0.4, -0.2) is 11.1 Å². The Morgan fingerprint density at radius 1 is 1.37 bits per heavy atom. The molecule has 2 N–H and O–H groups in total. The van der Waals surface area contributed by atoms with Crippen LogP contribution in [-0.2, 0) is 6.54 Å². The number of hydrogen-bond donors (Lipinski definition) is 2. The lowest BCUT2D eigenvalue weighted by Crippen LogP contribution is -2.02. The third kappa shape index (κ3) is 3.08. The molecule has 0 aliphatic rings. The van der Waals surface area contributed by atoms with E-state index in [0.717, 1.165) is 40.0 Å². The molecule has 0 bridgehead atoms. The first-order valence-electron chi connectivity index (χ1n) is 5.49. The molecule has 100 valence electrons. The van der Waals surface area contributed by atoms with Crippen molar-refractivity contribution in [1.82, 2.24) is 0 Å². The Balaban J connectivity index is 2.14. The van der Waals surface area contributed by atoms with E-state index in [-0.39, 0.29) is 17.1 Å². The van der Waals surface area contributed by atoms with E-state index in [9.17, 15) is 13.6 Å². The lowest BCUT2D eigenvalue weighted by atomic mass is 10.2. The minimum atomic E-state index is -0.990. The molecule has 3 nitrogen and oxygen atoms in total. The highest BCUT2D eigenvalue weighted by Crippen LogP contribution is 2.23. The molecule has 0 atom stereocenters. The van der Waals surface area contributed by atoms with E-state index >= 15 is 0 Å². The minimum Gasteiger partial charge on any atom is -0.477 e. The van der Waals surface area contributed by atoms with Crippen LogP contribution >= 0.6 is 11.3 Å². The van der Waals surface area contributed by atoms with Gasteiger partial charge in [-0.05, 0) is 36.8 Å². The third-order valence-electron chi connectivity index (χ3n) is 2.63. The van der Waals surface area contributed by atoms with Crippen molar-refractivity contribution in [2.75, 3.05) is 5.32 Å². The molecule has 1 heterocycles. The van der Waals surface area contributed by atoms with E-state index in [1.165, 1.54) is 6.07 Å². The number of thiophene rings is 1. The van der Waals surface area contributed by atoms with Gasteiger partial charge in [0.25, 0.3) is 0 Å².